The third kappa shape index (κ3) is 2.88. The average Bonchev–Trinajstić information content (AvgIpc) is 2.86. The minimum absolute atomic E-state index is 0.373. The molecule has 2 aromatic heterocycles. The Labute approximate surface area is 129 Å². The summed E-state index contributed by atoms with van der Waals surface area (Å²) in [4.78, 5) is 4.72. The van der Waals surface area contributed by atoms with E-state index >= 15 is 0 Å². The first kappa shape index (κ1) is 14.0. The van der Waals surface area contributed by atoms with E-state index in [-0.39, 0.29) is 0 Å². The number of aromatic nitrogens is 2. The molecule has 0 saturated heterocycles. The van der Waals surface area contributed by atoms with Crippen LogP contribution in [0.2, 0.25) is 5.02 Å². The number of pyridine rings is 1. The Morgan fingerprint density at radius 1 is 1.14 bits per heavy atom. The molecule has 3 aromatic rings. The van der Waals surface area contributed by atoms with E-state index in [1.807, 2.05) is 48.7 Å². The summed E-state index contributed by atoms with van der Waals surface area (Å²) in [5, 5.41) is 4.27. The van der Waals surface area contributed by atoms with Crippen molar-refractivity contribution >= 4 is 23.1 Å². The SMILES string of the molecule is CC(C)c1nc2ccccn2c1NCc1ccc(Cl)cc1. The molecule has 4 heteroatoms. The van der Waals surface area contributed by atoms with E-state index in [0.717, 1.165) is 28.7 Å². The van der Waals surface area contributed by atoms with Crippen molar-refractivity contribution in [2.24, 2.45) is 0 Å². The molecule has 0 fully saturated rings. The molecule has 0 atom stereocenters. The molecule has 108 valence electrons. The smallest absolute Gasteiger partial charge is 0.138 e. The third-order valence-electron chi connectivity index (χ3n) is 3.48. The number of hydrogen-bond acceptors (Lipinski definition) is 2. The molecule has 1 N–H and O–H groups in total. The zero-order valence-corrected chi connectivity index (χ0v) is 12.9. The lowest BCUT2D eigenvalue weighted by atomic mass is 10.1. The average molecular weight is 300 g/mol. The van der Waals surface area contributed by atoms with Crippen molar-refractivity contribution in [1.29, 1.82) is 0 Å². The van der Waals surface area contributed by atoms with Gasteiger partial charge in [-0.2, -0.15) is 0 Å². The Bertz CT molecular complexity index is 744. The summed E-state index contributed by atoms with van der Waals surface area (Å²) in [5.74, 6) is 1.44. The number of anilines is 1. The highest BCUT2D eigenvalue weighted by Gasteiger charge is 2.14. The Kier molecular flexibility index (Phi) is 3.84. The van der Waals surface area contributed by atoms with Gasteiger partial charge < -0.3 is 5.32 Å². The number of fused-ring (bicyclic) bond motifs is 1. The summed E-state index contributed by atoms with van der Waals surface area (Å²) in [7, 11) is 0. The highest BCUT2D eigenvalue weighted by molar-refractivity contribution is 6.30. The van der Waals surface area contributed by atoms with E-state index in [1.165, 1.54) is 5.56 Å². The van der Waals surface area contributed by atoms with Gasteiger partial charge in [-0.1, -0.05) is 43.6 Å². The van der Waals surface area contributed by atoms with Crippen LogP contribution in [0, 0.1) is 0 Å². The highest BCUT2D eigenvalue weighted by Crippen LogP contribution is 2.25. The summed E-state index contributed by atoms with van der Waals surface area (Å²) < 4.78 is 2.10. The second-order valence-electron chi connectivity index (χ2n) is 5.41. The Morgan fingerprint density at radius 3 is 2.62 bits per heavy atom. The summed E-state index contributed by atoms with van der Waals surface area (Å²) in [5.41, 5.74) is 3.26. The Hall–Kier alpha value is -2.00. The third-order valence-corrected chi connectivity index (χ3v) is 3.73. The molecule has 1 aromatic carbocycles. The summed E-state index contributed by atoms with van der Waals surface area (Å²) in [6.07, 6.45) is 2.04. The van der Waals surface area contributed by atoms with Crippen molar-refractivity contribution in [2.75, 3.05) is 5.32 Å². The molecule has 0 radical (unpaired) electrons. The maximum atomic E-state index is 5.92. The second kappa shape index (κ2) is 5.78. The van der Waals surface area contributed by atoms with Gasteiger partial charge in [-0.3, -0.25) is 4.40 Å². The summed E-state index contributed by atoms with van der Waals surface area (Å²) >= 11 is 5.92. The fraction of sp³-hybridized carbons (Fsp3) is 0.235. The molecule has 0 unspecified atom stereocenters. The number of halogens is 1. The van der Waals surface area contributed by atoms with Crippen LogP contribution in [-0.2, 0) is 6.54 Å². The number of rotatable bonds is 4. The first-order valence-corrected chi connectivity index (χ1v) is 7.48. The lowest BCUT2D eigenvalue weighted by Crippen LogP contribution is -2.05. The Morgan fingerprint density at radius 2 is 1.90 bits per heavy atom. The minimum Gasteiger partial charge on any atom is -0.366 e. The molecule has 0 spiro atoms. The number of nitrogens with one attached hydrogen (secondary N) is 1. The van der Waals surface area contributed by atoms with E-state index in [9.17, 15) is 0 Å². The van der Waals surface area contributed by atoms with Gasteiger partial charge >= 0.3 is 0 Å². The van der Waals surface area contributed by atoms with Crippen LogP contribution in [0.3, 0.4) is 0 Å². The van der Waals surface area contributed by atoms with E-state index in [0.29, 0.717) is 5.92 Å². The van der Waals surface area contributed by atoms with Crippen molar-refractivity contribution in [1.82, 2.24) is 9.38 Å². The maximum absolute atomic E-state index is 5.92. The molecule has 21 heavy (non-hydrogen) atoms. The standard InChI is InChI=1S/C17H18ClN3/c1-12(2)16-17(21-10-4-3-5-15(21)20-16)19-11-13-6-8-14(18)9-7-13/h3-10,12,19H,11H2,1-2H3. The van der Waals surface area contributed by atoms with Crippen molar-refractivity contribution in [3.05, 3.63) is 64.9 Å². The van der Waals surface area contributed by atoms with Gasteiger partial charge in [0.25, 0.3) is 0 Å². The van der Waals surface area contributed by atoms with Gasteiger partial charge in [0.15, 0.2) is 0 Å². The van der Waals surface area contributed by atoms with Crippen LogP contribution in [0.5, 0.6) is 0 Å². The molecule has 0 aliphatic rings. The minimum atomic E-state index is 0.373. The van der Waals surface area contributed by atoms with Crippen LogP contribution in [0.1, 0.15) is 31.0 Å². The lowest BCUT2D eigenvalue weighted by molar-refractivity contribution is 0.833. The predicted molar refractivity (Wildman–Crippen MR) is 88.1 cm³/mol. The number of benzene rings is 1. The van der Waals surface area contributed by atoms with Crippen molar-refractivity contribution < 1.29 is 0 Å². The predicted octanol–water partition coefficient (Wildman–Crippen LogP) is 4.72. The van der Waals surface area contributed by atoms with E-state index in [1.54, 1.807) is 0 Å². The quantitative estimate of drug-likeness (QED) is 0.755. The van der Waals surface area contributed by atoms with Gasteiger partial charge in [-0.15, -0.1) is 0 Å². The number of nitrogens with zero attached hydrogens (tertiary/aromatic N) is 2. The highest BCUT2D eigenvalue weighted by atomic mass is 35.5. The first-order chi connectivity index (χ1) is 10.1. The molecular weight excluding hydrogens is 282 g/mol. The molecule has 2 heterocycles. The fourth-order valence-electron chi connectivity index (χ4n) is 2.38. The van der Waals surface area contributed by atoms with Gasteiger partial charge in [-0.05, 0) is 35.7 Å². The van der Waals surface area contributed by atoms with Crippen molar-refractivity contribution in [2.45, 2.75) is 26.3 Å². The number of hydrogen-bond donors (Lipinski definition) is 1. The van der Waals surface area contributed by atoms with Gasteiger partial charge in [0.2, 0.25) is 0 Å². The lowest BCUT2D eigenvalue weighted by Gasteiger charge is -2.10. The monoisotopic (exact) mass is 299 g/mol. The van der Waals surface area contributed by atoms with E-state index in [4.69, 9.17) is 16.6 Å². The normalized spacial score (nSPS) is 11.2. The summed E-state index contributed by atoms with van der Waals surface area (Å²) in [6.45, 7) is 5.07. The Balaban J connectivity index is 1.91. The van der Waals surface area contributed by atoms with Gasteiger partial charge in [0.1, 0.15) is 11.5 Å². The van der Waals surface area contributed by atoms with E-state index in [2.05, 4.69) is 23.6 Å². The number of imidazole rings is 1. The molecule has 3 rings (SSSR count). The molecule has 0 aliphatic carbocycles. The molecule has 0 saturated carbocycles. The van der Waals surface area contributed by atoms with Gasteiger partial charge in [0.05, 0.1) is 5.69 Å². The fourth-order valence-corrected chi connectivity index (χ4v) is 2.51. The van der Waals surface area contributed by atoms with Gasteiger partial charge in [-0.25, -0.2) is 4.98 Å². The second-order valence-corrected chi connectivity index (χ2v) is 5.85. The van der Waals surface area contributed by atoms with Crippen LogP contribution < -0.4 is 5.32 Å². The van der Waals surface area contributed by atoms with E-state index < -0.39 is 0 Å². The topological polar surface area (TPSA) is 29.3 Å². The largest absolute Gasteiger partial charge is 0.366 e. The van der Waals surface area contributed by atoms with Crippen LogP contribution in [0.15, 0.2) is 48.7 Å². The molecule has 0 bridgehead atoms. The first-order valence-electron chi connectivity index (χ1n) is 7.10. The van der Waals surface area contributed by atoms with Crippen LogP contribution >= 0.6 is 11.6 Å². The molecular formula is C17H18ClN3. The zero-order valence-electron chi connectivity index (χ0n) is 12.2. The van der Waals surface area contributed by atoms with Crippen LogP contribution in [0.25, 0.3) is 5.65 Å². The zero-order chi connectivity index (χ0) is 14.8. The van der Waals surface area contributed by atoms with Crippen LogP contribution in [-0.4, -0.2) is 9.38 Å². The maximum Gasteiger partial charge on any atom is 0.138 e. The van der Waals surface area contributed by atoms with Crippen molar-refractivity contribution in [3.63, 3.8) is 0 Å². The molecule has 0 amide bonds. The molecule has 3 nitrogen and oxygen atoms in total. The molecule has 0 aliphatic heterocycles. The summed E-state index contributed by atoms with van der Waals surface area (Å²) in [6, 6.07) is 14.0. The van der Waals surface area contributed by atoms with Crippen LogP contribution in [0.4, 0.5) is 5.82 Å². The van der Waals surface area contributed by atoms with Crippen molar-refractivity contribution in [3.8, 4) is 0 Å². The van der Waals surface area contributed by atoms with Gasteiger partial charge in [0, 0.05) is 17.8 Å².